The second-order valence-corrected chi connectivity index (χ2v) is 3.90. The van der Waals surface area contributed by atoms with Crippen molar-refractivity contribution in [1.82, 2.24) is 5.32 Å². The molecular weight excluding hydrogens is 186 g/mol. The van der Waals surface area contributed by atoms with Crippen molar-refractivity contribution < 1.29 is 4.74 Å². The highest BCUT2D eigenvalue weighted by Crippen LogP contribution is 2.19. The lowest BCUT2D eigenvalue weighted by Gasteiger charge is -2.05. The first-order valence-corrected chi connectivity index (χ1v) is 5.44. The number of benzene rings is 1. The van der Waals surface area contributed by atoms with Crippen molar-refractivity contribution in [2.45, 2.75) is 25.4 Å². The quantitative estimate of drug-likeness (QED) is 0.717. The Morgan fingerprint density at radius 3 is 2.67 bits per heavy atom. The average molecular weight is 203 g/mol. The maximum Gasteiger partial charge on any atom is 0.119 e. The fourth-order valence-electron chi connectivity index (χ4n) is 1.41. The first kappa shape index (κ1) is 10.2. The molecule has 1 aliphatic rings. The van der Waals surface area contributed by atoms with E-state index in [-0.39, 0.29) is 0 Å². The van der Waals surface area contributed by atoms with Crippen LogP contribution in [0.15, 0.2) is 36.9 Å². The summed E-state index contributed by atoms with van der Waals surface area (Å²) in [4.78, 5) is 0. The fraction of sp³-hybridized carbons (Fsp3) is 0.385. The van der Waals surface area contributed by atoms with E-state index in [1.807, 2.05) is 12.1 Å². The molecule has 0 atom stereocenters. The minimum Gasteiger partial charge on any atom is -0.490 e. The standard InChI is InChI=1S/C13H17NO/c1-2-9-15-13-7-3-11(4-8-13)10-14-12-5-6-12/h2-4,7-8,12,14H,1,5-6,9-10H2. The Labute approximate surface area is 91.0 Å². The summed E-state index contributed by atoms with van der Waals surface area (Å²) in [5.41, 5.74) is 1.31. The zero-order valence-corrected chi connectivity index (χ0v) is 8.91. The maximum atomic E-state index is 5.41. The predicted octanol–water partition coefficient (Wildman–Crippen LogP) is 2.50. The summed E-state index contributed by atoms with van der Waals surface area (Å²) in [6.07, 6.45) is 4.42. The van der Waals surface area contributed by atoms with Gasteiger partial charge in [0.05, 0.1) is 0 Å². The van der Waals surface area contributed by atoms with Crippen LogP contribution >= 0.6 is 0 Å². The Hall–Kier alpha value is -1.28. The van der Waals surface area contributed by atoms with Gasteiger partial charge in [-0.15, -0.1) is 0 Å². The summed E-state index contributed by atoms with van der Waals surface area (Å²) in [5, 5.41) is 3.48. The van der Waals surface area contributed by atoms with Crippen LogP contribution in [0, 0.1) is 0 Å². The third-order valence-corrected chi connectivity index (χ3v) is 2.46. The minimum absolute atomic E-state index is 0.569. The number of hydrogen-bond donors (Lipinski definition) is 1. The van der Waals surface area contributed by atoms with E-state index in [0.717, 1.165) is 18.3 Å². The van der Waals surface area contributed by atoms with E-state index in [0.29, 0.717) is 6.61 Å². The second-order valence-electron chi connectivity index (χ2n) is 3.90. The van der Waals surface area contributed by atoms with Gasteiger partial charge >= 0.3 is 0 Å². The molecule has 0 spiro atoms. The Morgan fingerprint density at radius 2 is 2.07 bits per heavy atom. The molecular formula is C13H17NO. The SMILES string of the molecule is C=CCOc1ccc(CNC2CC2)cc1. The number of rotatable bonds is 6. The van der Waals surface area contributed by atoms with Gasteiger partial charge in [0, 0.05) is 12.6 Å². The summed E-state index contributed by atoms with van der Waals surface area (Å²) in [6, 6.07) is 8.99. The molecule has 80 valence electrons. The lowest BCUT2D eigenvalue weighted by atomic mass is 10.2. The summed E-state index contributed by atoms with van der Waals surface area (Å²) in [7, 11) is 0. The van der Waals surface area contributed by atoms with Gasteiger partial charge in [0.1, 0.15) is 12.4 Å². The molecule has 0 aliphatic heterocycles. The molecule has 2 heteroatoms. The molecule has 1 aliphatic carbocycles. The predicted molar refractivity (Wildman–Crippen MR) is 62.0 cm³/mol. The monoisotopic (exact) mass is 203 g/mol. The Morgan fingerprint density at radius 1 is 1.33 bits per heavy atom. The zero-order chi connectivity index (χ0) is 10.5. The second kappa shape index (κ2) is 4.99. The van der Waals surface area contributed by atoms with Gasteiger partial charge in [0.2, 0.25) is 0 Å². The molecule has 1 aromatic carbocycles. The summed E-state index contributed by atoms with van der Waals surface area (Å²) < 4.78 is 5.41. The van der Waals surface area contributed by atoms with Gasteiger partial charge in [0.25, 0.3) is 0 Å². The van der Waals surface area contributed by atoms with Crippen molar-refractivity contribution >= 4 is 0 Å². The third kappa shape index (κ3) is 3.40. The Balaban J connectivity index is 1.82. The smallest absolute Gasteiger partial charge is 0.119 e. The van der Waals surface area contributed by atoms with Gasteiger partial charge in [-0.2, -0.15) is 0 Å². The molecule has 1 N–H and O–H groups in total. The van der Waals surface area contributed by atoms with Crippen LogP contribution in [0.3, 0.4) is 0 Å². The molecule has 2 rings (SSSR count). The van der Waals surface area contributed by atoms with Crippen molar-refractivity contribution in [2.75, 3.05) is 6.61 Å². The molecule has 0 heterocycles. The molecule has 1 aromatic rings. The summed E-state index contributed by atoms with van der Waals surface area (Å²) in [6.45, 7) is 5.15. The Bertz CT molecular complexity index is 314. The molecule has 0 bridgehead atoms. The van der Waals surface area contributed by atoms with E-state index in [4.69, 9.17) is 4.74 Å². The van der Waals surface area contributed by atoms with Crippen molar-refractivity contribution in [3.05, 3.63) is 42.5 Å². The van der Waals surface area contributed by atoms with Crippen LogP contribution < -0.4 is 10.1 Å². The van der Waals surface area contributed by atoms with Gasteiger partial charge < -0.3 is 10.1 Å². The highest BCUT2D eigenvalue weighted by atomic mass is 16.5. The number of ether oxygens (including phenoxy) is 1. The molecule has 0 aromatic heterocycles. The van der Waals surface area contributed by atoms with E-state index in [2.05, 4.69) is 24.0 Å². The Kier molecular flexibility index (Phi) is 3.41. The maximum absolute atomic E-state index is 5.41. The first-order chi connectivity index (χ1) is 7.38. The summed E-state index contributed by atoms with van der Waals surface area (Å²) >= 11 is 0. The van der Waals surface area contributed by atoms with Crippen LogP contribution in [0.25, 0.3) is 0 Å². The molecule has 1 fully saturated rings. The van der Waals surface area contributed by atoms with Crippen molar-refractivity contribution in [3.8, 4) is 5.75 Å². The number of hydrogen-bond acceptors (Lipinski definition) is 2. The van der Waals surface area contributed by atoms with Crippen LogP contribution in [0.4, 0.5) is 0 Å². The van der Waals surface area contributed by atoms with E-state index in [1.54, 1.807) is 6.08 Å². The average Bonchev–Trinajstić information content (AvgIpc) is 3.09. The van der Waals surface area contributed by atoms with Crippen LogP contribution in [0.1, 0.15) is 18.4 Å². The molecule has 0 radical (unpaired) electrons. The van der Waals surface area contributed by atoms with E-state index >= 15 is 0 Å². The molecule has 1 saturated carbocycles. The topological polar surface area (TPSA) is 21.3 Å². The lowest BCUT2D eigenvalue weighted by Crippen LogP contribution is -2.15. The fourth-order valence-corrected chi connectivity index (χ4v) is 1.41. The largest absolute Gasteiger partial charge is 0.490 e. The zero-order valence-electron chi connectivity index (χ0n) is 8.91. The van der Waals surface area contributed by atoms with E-state index in [9.17, 15) is 0 Å². The lowest BCUT2D eigenvalue weighted by molar-refractivity contribution is 0.363. The number of nitrogens with one attached hydrogen (secondary N) is 1. The highest BCUT2D eigenvalue weighted by Gasteiger charge is 2.19. The first-order valence-electron chi connectivity index (χ1n) is 5.44. The van der Waals surface area contributed by atoms with Crippen LogP contribution in [-0.2, 0) is 6.54 Å². The highest BCUT2D eigenvalue weighted by molar-refractivity contribution is 5.27. The van der Waals surface area contributed by atoms with Crippen LogP contribution in [-0.4, -0.2) is 12.6 Å². The molecule has 2 nitrogen and oxygen atoms in total. The normalized spacial score (nSPS) is 14.9. The van der Waals surface area contributed by atoms with Crippen molar-refractivity contribution in [2.24, 2.45) is 0 Å². The van der Waals surface area contributed by atoms with Crippen molar-refractivity contribution in [1.29, 1.82) is 0 Å². The molecule has 15 heavy (non-hydrogen) atoms. The van der Waals surface area contributed by atoms with Gasteiger partial charge in [-0.1, -0.05) is 24.8 Å². The van der Waals surface area contributed by atoms with Crippen molar-refractivity contribution in [3.63, 3.8) is 0 Å². The van der Waals surface area contributed by atoms with Gasteiger partial charge in [-0.25, -0.2) is 0 Å². The van der Waals surface area contributed by atoms with Crippen LogP contribution in [0.5, 0.6) is 5.75 Å². The third-order valence-electron chi connectivity index (χ3n) is 2.46. The molecule has 0 unspecified atom stereocenters. The van der Waals surface area contributed by atoms with E-state index in [1.165, 1.54) is 18.4 Å². The van der Waals surface area contributed by atoms with Crippen LogP contribution in [0.2, 0.25) is 0 Å². The van der Waals surface area contributed by atoms with Gasteiger partial charge in [-0.05, 0) is 30.5 Å². The van der Waals surface area contributed by atoms with Gasteiger partial charge in [0.15, 0.2) is 0 Å². The summed E-state index contributed by atoms with van der Waals surface area (Å²) in [5.74, 6) is 0.907. The minimum atomic E-state index is 0.569. The molecule has 0 amide bonds. The van der Waals surface area contributed by atoms with Gasteiger partial charge in [-0.3, -0.25) is 0 Å². The molecule has 0 saturated heterocycles. The van der Waals surface area contributed by atoms with E-state index < -0.39 is 0 Å².